The van der Waals surface area contributed by atoms with Crippen molar-refractivity contribution in [2.75, 3.05) is 23.7 Å². The molecule has 0 aliphatic heterocycles. The van der Waals surface area contributed by atoms with Gasteiger partial charge in [-0.15, -0.1) is 0 Å². The Balaban J connectivity index is 1.46. The van der Waals surface area contributed by atoms with Crippen molar-refractivity contribution in [2.45, 2.75) is 13.8 Å². The predicted octanol–water partition coefficient (Wildman–Crippen LogP) is 2.51. The van der Waals surface area contributed by atoms with E-state index in [0.29, 0.717) is 24.7 Å². The summed E-state index contributed by atoms with van der Waals surface area (Å²) in [6, 6.07) is 11.1. The van der Waals surface area contributed by atoms with Crippen LogP contribution in [0.4, 0.5) is 16.3 Å². The number of carbonyl (C=O) groups is 1. The monoisotopic (exact) mass is 351 g/mol. The molecule has 0 saturated carbocycles. The molecule has 2 aromatic heterocycles. The second-order valence-electron chi connectivity index (χ2n) is 5.79. The zero-order valence-electron chi connectivity index (χ0n) is 14.7. The van der Waals surface area contributed by atoms with Crippen LogP contribution in [0.25, 0.3) is 5.82 Å². The van der Waals surface area contributed by atoms with Gasteiger partial charge in [0.15, 0.2) is 5.82 Å². The van der Waals surface area contributed by atoms with Crippen LogP contribution in [0.15, 0.2) is 48.9 Å². The summed E-state index contributed by atoms with van der Waals surface area (Å²) in [7, 11) is 0. The molecule has 26 heavy (non-hydrogen) atoms. The van der Waals surface area contributed by atoms with E-state index in [9.17, 15) is 4.79 Å². The number of rotatable bonds is 6. The molecule has 0 saturated heterocycles. The largest absolute Gasteiger partial charge is 0.368 e. The average molecular weight is 351 g/mol. The summed E-state index contributed by atoms with van der Waals surface area (Å²) >= 11 is 0. The number of aryl methyl sites for hydroxylation is 2. The molecule has 3 N–H and O–H groups in total. The Morgan fingerprint density at radius 3 is 2.73 bits per heavy atom. The third kappa shape index (κ3) is 4.56. The van der Waals surface area contributed by atoms with Gasteiger partial charge >= 0.3 is 6.03 Å². The van der Waals surface area contributed by atoms with Crippen LogP contribution in [-0.2, 0) is 0 Å². The van der Waals surface area contributed by atoms with Crippen LogP contribution in [-0.4, -0.2) is 38.9 Å². The van der Waals surface area contributed by atoms with Crippen molar-refractivity contribution in [3.8, 4) is 5.82 Å². The van der Waals surface area contributed by atoms with Crippen LogP contribution in [0, 0.1) is 13.8 Å². The summed E-state index contributed by atoms with van der Waals surface area (Å²) in [5.74, 6) is 1.35. The van der Waals surface area contributed by atoms with Gasteiger partial charge < -0.3 is 16.0 Å². The highest BCUT2D eigenvalue weighted by atomic mass is 16.2. The first-order valence-electron chi connectivity index (χ1n) is 8.31. The molecule has 0 fully saturated rings. The SMILES string of the molecule is Cc1ccn(-c2cc(NCCNC(=O)Nc3ccccc3C)ncn2)n1. The van der Waals surface area contributed by atoms with Crippen LogP contribution in [0.1, 0.15) is 11.3 Å². The lowest BCUT2D eigenvalue weighted by Gasteiger charge is -2.10. The Labute approximate surface area is 151 Å². The van der Waals surface area contributed by atoms with Crippen LogP contribution in [0.3, 0.4) is 0 Å². The smallest absolute Gasteiger partial charge is 0.319 e. The van der Waals surface area contributed by atoms with E-state index >= 15 is 0 Å². The zero-order valence-corrected chi connectivity index (χ0v) is 14.7. The second kappa shape index (κ2) is 8.11. The highest BCUT2D eigenvalue weighted by Gasteiger charge is 2.04. The fourth-order valence-electron chi connectivity index (χ4n) is 2.36. The quantitative estimate of drug-likeness (QED) is 0.593. The molecule has 0 spiro atoms. The molecule has 0 unspecified atom stereocenters. The van der Waals surface area contributed by atoms with Crippen molar-refractivity contribution >= 4 is 17.5 Å². The topological polar surface area (TPSA) is 96.8 Å². The summed E-state index contributed by atoms with van der Waals surface area (Å²) < 4.78 is 1.69. The summed E-state index contributed by atoms with van der Waals surface area (Å²) in [5, 5.41) is 13.1. The van der Waals surface area contributed by atoms with Gasteiger partial charge in [-0.25, -0.2) is 19.4 Å². The minimum Gasteiger partial charge on any atom is -0.368 e. The third-order valence-corrected chi connectivity index (χ3v) is 3.72. The molecule has 0 bridgehead atoms. The number of carbonyl (C=O) groups excluding carboxylic acids is 1. The summed E-state index contributed by atoms with van der Waals surface area (Å²) in [4.78, 5) is 20.3. The van der Waals surface area contributed by atoms with Gasteiger partial charge in [0.05, 0.1) is 5.69 Å². The van der Waals surface area contributed by atoms with Crippen molar-refractivity contribution in [3.63, 3.8) is 0 Å². The Hall–Kier alpha value is -3.42. The highest BCUT2D eigenvalue weighted by Crippen LogP contribution is 2.12. The summed E-state index contributed by atoms with van der Waals surface area (Å²) in [6.45, 7) is 4.86. The van der Waals surface area contributed by atoms with E-state index < -0.39 is 0 Å². The number of hydrogen-bond acceptors (Lipinski definition) is 5. The molecule has 2 heterocycles. The average Bonchev–Trinajstić information content (AvgIpc) is 3.08. The van der Waals surface area contributed by atoms with Gasteiger partial charge in [-0.3, -0.25) is 0 Å². The predicted molar refractivity (Wildman–Crippen MR) is 101 cm³/mol. The molecule has 1 aromatic carbocycles. The lowest BCUT2D eigenvalue weighted by molar-refractivity contribution is 0.252. The van der Waals surface area contributed by atoms with Gasteiger partial charge in [-0.1, -0.05) is 18.2 Å². The lowest BCUT2D eigenvalue weighted by atomic mass is 10.2. The van der Waals surface area contributed by atoms with E-state index in [1.807, 2.05) is 50.4 Å². The standard InChI is InChI=1S/C18H21N7O/c1-13-5-3-4-6-15(13)23-18(26)20-9-8-19-16-11-17(22-12-21-16)25-10-7-14(2)24-25/h3-7,10-12H,8-9H2,1-2H3,(H,19,21,22)(H2,20,23,26). The molecular formula is C18H21N7O. The van der Waals surface area contributed by atoms with Gasteiger partial charge in [-0.2, -0.15) is 5.10 Å². The minimum absolute atomic E-state index is 0.239. The Kier molecular flexibility index (Phi) is 5.43. The molecule has 0 aliphatic carbocycles. The summed E-state index contributed by atoms with van der Waals surface area (Å²) in [6.07, 6.45) is 3.33. The van der Waals surface area contributed by atoms with Crippen LogP contribution in [0.2, 0.25) is 0 Å². The highest BCUT2D eigenvalue weighted by molar-refractivity contribution is 5.90. The maximum atomic E-state index is 11.9. The van der Waals surface area contributed by atoms with E-state index in [1.54, 1.807) is 10.7 Å². The van der Waals surface area contributed by atoms with E-state index in [-0.39, 0.29) is 6.03 Å². The molecule has 3 aromatic rings. The molecule has 8 nitrogen and oxygen atoms in total. The van der Waals surface area contributed by atoms with Crippen molar-refractivity contribution in [2.24, 2.45) is 0 Å². The number of anilines is 2. The van der Waals surface area contributed by atoms with Gasteiger partial charge in [-0.05, 0) is 31.5 Å². The van der Waals surface area contributed by atoms with Crippen molar-refractivity contribution in [1.29, 1.82) is 0 Å². The van der Waals surface area contributed by atoms with Crippen LogP contribution in [0.5, 0.6) is 0 Å². The number of para-hydroxylation sites is 1. The molecule has 0 aliphatic rings. The molecule has 0 radical (unpaired) electrons. The Morgan fingerprint density at radius 2 is 1.96 bits per heavy atom. The van der Waals surface area contributed by atoms with Crippen molar-refractivity contribution in [1.82, 2.24) is 25.1 Å². The number of nitrogens with zero attached hydrogens (tertiary/aromatic N) is 4. The first-order valence-corrected chi connectivity index (χ1v) is 8.31. The number of amides is 2. The summed E-state index contributed by atoms with van der Waals surface area (Å²) in [5.41, 5.74) is 2.73. The van der Waals surface area contributed by atoms with Gasteiger partial charge in [0.1, 0.15) is 12.1 Å². The lowest BCUT2D eigenvalue weighted by Crippen LogP contribution is -2.32. The number of urea groups is 1. The number of benzene rings is 1. The molecular weight excluding hydrogens is 330 g/mol. The van der Waals surface area contributed by atoms with E-state index in [2.05, 4.69) is 31.0 Å². The maximum absolute atomic E-state index is 11.9. The molecule has 8 heteroatoms. The van der Waals surface area contributed by atoms with E-state index in [1.165, 1.54) is 6.33 Å². The number of aromatic nitrogens is 4. The first-order chi connectivity index (χ1) is 12.6. The van der Waals surface area contributed by atoms with Crippen molar-refractivity contribution < 1.29 is 4.79 Å². The zero-order chi connectivity index (χ0) is 18.4. The van der Waals surface area contributed by atoms with E-state index in [4.69, 9.17) is 0 Å². The van der Waals surface area contributed by atoms with Crippen LogP contribution >= 0.6 is 0 Å². The fourth-order valence-corrected chi connectivity index (χ4v) is 2.36. The fraction of sp³-hybridized carbons (Fsp3) is 0.222. The van der Waals surface area contributed by atoms with E-state index in [0.717, 1.165) is 16.9 Å². The van der Waals surface area contributed by atoms with Gasteiger partial charge in [0, 0.05) is 31.0 Å². The normalized spacial score (nSPS) is 10.4. The second-order valence-corrected chi connectivity index (χ2v) is 5.79. The molecule has 3 rings (SSSR count). The number of nitrogens with one attached hydrogen (secondary N) is 3. The third-order valence-electron chi connectivity index (χ3n) is 3.72. The molecule has 0 atom stereocenters. The van der Waals surface area contributed by atoms with Gasteiger partial charge in [0.25, 0.3) is 0 Å². The minimum atomic E-state index is -0.239. The Morgan fingerprint density at radius 1 is 1.12 bits per heavy atom. The maximum Gasteiger partial charge on any atom is 0.319 e. The van der Waals surface area contributed by atoms with Crippen molar-refractivity contribution in [3.05, 3.63) is 60.2 Å². The van der Waals surface area contributed by atoms with Crippen LogP contribution < -0.4 is 16.0 Å². The first kappa shape index (κ1) is 17.4. The molecule has 2 amide bonds. The Bertz CT molecular complexity index is 891. The number of hydrogen-bond donors (Lipinski definition) is 3. The molecule has 134 valence electrons. The van der Waals surface area contributed by atoms with Gasteiger partial charge in [0.2, 0.25) is 0 Å².